The van der Waals surface area contributed by atoms with Crippen molar-refractivity contribution in [3.05, 3.63) is 17.0 Å². The van der Waals surface area contributed by atoms with E-state index in [2.05, 4.69) is 27.1 Å². The molecule has 6 heteroatoms. The molecular weight excluding hydrogens is 240 g/mol. The third-order valence-corrected chi connectivity index (χ3v) is 3.05. The van der Waals surface area contributed by atoms with Crippen molar-refractivity contribution in [3.63, 3.8) is 0 Å². The highest BCUT2D eigenvalue weighted by atomic mass is 35.5. The zero-order valence-electron chi connectivity index (χ0n) is 9.74. The van der Waals surface area contributed by atoms with E-state index in [0.29, 0.717) is 24.1 Å². The molecule has 0 saturated heterocycles. The second-order valence-corrected chi connectivity index (χ2v) is 4.46. The number of fused-ring (bicyclic) bond motifs is 1. The van der Waals surface area contributed by atoms with Crippen molar-refractivity contribution in [1.29, 1.82) is 0 Å². The molecule has 0 aliphatic carbocycles. The number of nitrogens with one attached hydrogen (secondary N) is 1. The number of anilines is 1. The molecule has 1 aromatic heterocycles. The van der Waals surface area contributed by atoms with Gasteiger partial charge >= 0.3 is 0 Å². The molecule has 1 aliphatic heterocycles. The standard InChI is InChI=1S/C11H15ClN4O/c1-2-3-4-16-5-8-10(12)13-7-14-11(8)15-9(17)6-16/h7H,2-6H2,1H3,(H,13,14,15,17). The molecule has 1 aromatic rings. The zero-order valence-corrected chi connectivity index (χ0v) is 10.5. The normalized spacial score (nSPS) is 16.2. The number of hydrogen-bond donors (Lipinski definition) is 1. The van der Waals surface area contributed by atoms with Crippen molar-refractivity contribution in [2.24, 2.45) is 0 Å². The molecule has 92 valence electrons. The Balaban J connectivity index is 2.22. The monoisotopic (exact) mass is 254 g/mol. The van der Waals surface area contributed by atoms with Gasteiger partial charge in [-0.05, 0) is 13.0 Å². The molecule has 0 bridgehead atoms. The van der Waals surface area contributed by atoms with E-state index in [1.54, 1.807) is 0 Å². The van der Waals surface area contributed by atoms with Gasteiger partial charge in [-0.15, -0.1) is 0 Å². The zero-order chi connectivity index (χ0) is 12.3. The Hall–Kier alpha value is -1.20. The lowest BCUT2D eigenvalue weighted by Gasteiger charge is -2.18. The molecule has 1 aliphatic rings. The van der Waals surface area contributed by atoms with Gasteiger partial charge in [0.25, 0.3) is 0 Å². The van der Waals surface area contributed by atoms with E-state index in [1.807, 2.05) is 0 Å². The fourth-order valence-electron chi connectivity index (χ4n) is 1.83. The average molecular weight is 255 g/mol. The summed E-state index contributed by atoms with van der Waals surface area (Å²) in [4.78, 5) is 21.7. The number of hydrogen-bond acceptors (Lipinski definition) is 4. The van der Waals surface area contributed by atoms with E-state index >= 15 is 0 Å². The van der Waals surface area contributed by atoms with Gasteiger partial charge in [0.15, 0.2) is 0 Å². The smallest absolute Gasteiger partial charge is 0.239 e. The molecule has 0 atom stereocenters. The lowest BCUT2D eigenvalue weighted by atomic mass is 10.2. The summed E-state index contributed by atoms with van der Waals surface area (Å²) >= 11 is 6.03. The summed E-state index contributed by atoms with van der Waals surface area (Å²) in [6.07, 6.45) is 3.53. The van der Waals surface area contributed by atoms with Crippen LogP contribution in [0, 0.1) is 0 Å². The third kappa shape index (κ3) is 2.92. The minimum absolute atomic E-state index is 0.0466. The molecule has 0 saturated carbocycles. The largest absolute Gasteiger partial charge is 0.309 e. The molecular formula is C11H15ClN4O. The number of carbonyl (C=O) groups excluding carboxylic acids is 1. The van der Waals surface area contributed by atoms with Gasteiger partial charge in [0.05, 0.1) is 6.54 Å². The van der Waals surface area contributed by atoms with Crippen LogP contribution in [-0.4, -0.2) is 33.9 Å². The van der Waals surface area contributed by atoms with Gasteiger partial charge in [0, 0.05) is 12.1 Å². The second kappa shape index (κ2) is 5.42. The molecule has 1 amide bonds. The summed E-state index contributed by atoms with van der Waals surface area (Å²) in [5, 5.41) is 3.17. The van der Waals surface area contributed by atoms with Crippen molar-refractivity contribution < 1.29 is 4.79 Å². The number of nitrogens with zero attached hydrogens (tertiary/aromatic N) is 3. The Bertz CT molecular complexity index is 424. The molecule has 0 radical (unpaired) electrons. The lowest BCUT2D eigenvalue weighted by molar-refractivity contribution is -0.117. The summed E-state index contributed by atoms with van der Waals surface area (Å²) in [6.45, 7) is 4.01. The maximum absolute atomic E-state index is 11.7. The van der Waals surface area contributed by atoms with Crippen LogP contribution in [0.15, 0.2) is 6.33 Å². The molecule has 0 spiro atoms. The van der Waals surface area contributed by atoms with E-state index in [0.717, 1.165) is 24.9 Å². The van der Waals surface area contributed by atoms with Crippen LogP contribution in [0.2, 0.25) is 5.15 Å². The van der Waals surface area contributed by atoms with E-state index in [9.17, 15) is 4.79 Å². The molecule has 0 aromatic carbocycles. The van der Waals surface area contributed by atoms with Gasteiger partial charge in [-0.1, -0.05) is 24.9 Å². The second-order valence-electron chi connectivity index (χ2n) is 4.10. The first-order valence-corrected chi connectivity index (χ1v) is 6.10. The number of unbranched alkanes of at least 4 members (excludes halogenated alkanes) is 1. The fraction of sp³-hybridized carbons (Fsp3) is 0.545. The van der Waals surface area contributed by atoms with E-state index in [-0.39, 0.29) is 5.91 Å². The summed E-state index contributed by atoms with van der Waals surface area (Å²) in [5.74, 6) is 0.489. The number of halogens is 1. The topological polar surface area (TPSA) is 58.1 Å². The maximum Gasteiger partial charge on any atom is 0.239 e. The summed E-state index contributed by atoms with van der Waals surface area (Å²) in [6, 6.07) is 0. The van der Waals surface area contributed by atoms with E-state index < -0.39 is 0 Å². The van der Waals surface area contributed by atoms with Crippen molar-refractivity contribution >= 4 is 23.3 Å². The van der Waals surface area contributed by atoms with Gasteiger partial charge < -0.3 is 5.32 Å². The first kappa shape index (κ1) is 12.3. The van der Waals surface area contributed by atoms with E-state index in [1.165, 1.54) is 6.33 Å². The molecule has 0 fully saturated rings. The number of carbonyl (C=O) groups is 1. The number of aromatic nitrogens is 2. The predicted molar refractivity (Wildman–Crippen MR) is 65.9 cm³/mol. The number of amides is 1. The fourth-order valence-corrected chi connectivity index (χ4v) is 2.03. The van der Waals surface area contributed by atoms with Gasteiger partial charge in [-0.25, -0.2) is 9.97 Å². The van der Waals surface area contributed by atoms with Crippen LogP contribution in [0.1, 0.15) is 25.3 Å². The van der Waals surface area contributed by atoms with Crippen molar-refractivity contribution in [1.82, 2.24) is 14.9 Å². The maximum atomic E-state index is 11.7. The average Bonchev–Trinajstić information content (AvgIpc) is 2.45. The first-order chi connectivity index (χ1) is 8.20. The number of rotatable bonds is 3. The minimum Gasteiger partial charge on any atom is -0.309 e. The quantitative estimate of drug-likeness (QED) is 0.834. The molecule has 0 unspecified atom stereocenters. The lowest BCUT2D eigenvalue weighted by Crippen LogP contribution is -2.30. The Morgan fingerprint density at radius 3 is 3.06 bits per heavy atom. The van der Waals surface area contributed by atoms with Crippen LogP contribution < -0.4 is 5.32 Å². The first-order valence-electron chi connectivity index (χ1n) is 5.72. The SMILES string of the molecule is CCCCN1CC(=O)Nc2ncnc(Cl)c2C1. The molecule has 2 heterocycles. The highest BCUT2D eigenvalue weighted by molar-refractivity contribution is 6.30. The Morgan fingerprint density at radius 1 is 1.47 bits per heavy atom. The van der Waals surface area contributed by atoms with Gasteiger partial charge in [-0.3, -0.25) is 9.69 Å². The van der Waals surface area contributed by atoms with Crippen LogP contribution in [0.3, 0.4) is 0 Å². The van der Waals surface area contributed by atoms with Crippen LogP contribution in [0.25, 0.3) is 0 Å². The highest BCUT2D eigenvalue weighted by Gasteiger charge is 2.21. The van der Waals surface area contributed by atoms with Gasteiger partial charge in [0.2, 0.25) is 5.91 Å². The van der Waals surface area contributed by atoms with Crippen LogP contribution >= 0.6 is 11.6 Å². The van der Waals surface area contributed by atoms with Crippen LogP contribution in [-0.2, 0) is 11.3 Å². The van der Waals surface area contributed by atoms with Crippen molar-refractivity contribution in [2.45, 2.75) is 26.3 Å². The highest BCUT2D eigenvalue weighted by Crippen LogP contribution is 2.23. The Kier molecular flexibility index (Phi) is 3.91. The predicted octanol–water partition coefficient (Wildman–Crippen LogP) is 1.68. The van der Waals surface area contributed by atoms with Crippen LogP contribution in [0.4, 0.5) is 5.82 Å². The van der Waals surface area contributed by atoms with E-state index in [4.69, 9.17) is 11.6 Å². The summed E-state index contributed by atoms with van der Waals surface area (Å²) in [5.41, 5.74) is 0.802. The molecule has 2 rings (SSSR count). The molecule has 1 N–H and O–H groups in total. The molecule has 5 nitrogen and oxygen atoms in total. The van der Waals surface area contributed by atoms with Gasteiger partial charge in [0.1, 0.15) is 17.3 Å². The van der Waals surface area contributed by atoms with Crippen molar-refractivity contribution in [3.8, 4) is 0 Å². The van der Waals surface area contributed by atoms with Gasteiger partial charge in [-0.2, -0.15) is 0 Å². The summed E-state index contributed by atoms with van der Waals surface area (Å²) < 4.78 is 0. The minimum atomic E-state index is -0.0466. The Labute approximate surface area is 105 Å². The summed E-state index contributed by atoms with van der Waals surface area (Å²) in [7, 11) is 0. The molecule has 17 heavy (non-hydrogen) atoms. The Morgan fingerprint density at radius 2 is 2.29 bits per heavy atom. The van der Waals surface area contributed by atoms with Crippen molar-refractivity contribution in [2.75, 3.05) is 18.4 Å². The van der Waals surface area contributed by atoms with Crippen LogP contribution in [0.5, 0.6) is 0 Å². The third-order valence-electron chi connectivity index (χ3n) is 2.73.